The van der Waals surface area contributed by atoms with Crippen molar-refractivity contribution in [3.8, 4) is 0 Å². The lowest BCUT2D eigenvalue weighted by Crippen LogP contribution is -2.24. The van der Waals surface area contributed by atoms with E-state index in [1.165, 1.54) is 4.68 Å². The fourth-order valence-electron chi connectivity index (χ4n) is 0.846. The number of halogens is 1. The van der Waals surface area contributed by atoms with Gasteiger partial charge in [0.05, 0.1) is 5.75 Å². The van der Waals surface area contributed by atoms with Crippen LogP contribution in [0.3, 0.4) is 0 Å². The summed E-state index contributed by atoms with van der Waals surface area (Å²) in [5, 5.41) is 0. The molecular formula is C7H11ClN2O2S. The Morgan fingerprint density at radius 3 is 2.46 bits per heavy atom. The van der Waals surface area contributed by atoms with Gasteiger partial charge in [-0.15, -0.1) is 11.6 Å². The van der Waals surface area contributed by atoms with E-state index in [9.17, 15) is 8.42 Å². The highest BCUT2D eigenvalue weighted by Gasteiger charge is 2.08. The van der Waals surface area contributed by atoms with E-state index in [1.54, 1.807) is 24.5 Å². The minimum Gasteiger partial charge on any atom is -0.262 e. The van der Waals surface area contributed by atoms with Crippen LogP contribution in [-0.4, -0.2) is 24.7 Å². The van der Waals surface area contributed by atoms with E-state index in [1.807, 2.05) is 0 Å². The van der Waals surface area contributed by atoms with Gasteiger partial charge in [-0.25, -0.2) is 13.2 Å². The minimum atomic E-state index is -3.24. The molecule has 4 nitrogen and oxygen atoms in total. The van der Waals surface area contributed by atoms with Gasteiger partial charge in [0.25, 0.3) is 0 Å². The van der Waals surface area contributed by atoms with Crippen molar-refractivity contribution in [1.82, 2.24) is 4.68 Å². The molecule has 74 valence electrons. The van der Waals surface area contributed by atoms with Crippen LogP contribution in [0.4, 0.5) is 0 Å². The Balaban J connectivity index is 2.53. The van der Waals surface area contributed by atoms with E-state index >= 15 is 0 Å². The summed E-state index contributed by atoms with van der Waals surface area (Å²) in [5.74, 6) is 0.404. The predicted octanol–water partition coefficient (Wildman–Crippen LogP) is 0.990. The maximum absolute atomic E-state index is 11.3. The highest BCUT2D eigenvalue weighted by atomic mass is 35.5. The molecule has 0 radical (unpaired) electrons. The molecule has 1 aromatic rings. The molecule has 0 bridgehead atoms. The first-order valence-electron chi connectivity index (χ1n) is 3.83. The van der Waals surface area contributed by atoms with Gasteiger partial charge in [0.15, 0.2) is 0 Å². The molecule has 0 spiro atoms. The van der Waals surface area contributed by atoms with Crippen molar-refractivity contribution in [3.63, 3.8) is 0 Å². The number of nitrogens with zero attached hydrogens (tertiary/aromatic N) is 1. The van der Waals surface area contributed by atoms with E-state index in [0.29, 0.717) is 12.3 Å². The largest absolute Gasteiger partial charge is 0.262 e. The van der Waals surface area contributed by atoms with Crippen molar-refractivity contribution >= 4 is 21.6 Å². The molecule has 6 heteroatoms. The van der Waals surface area contributed by atoms with Gasteiger partial charge in [0, 0.05) is 18.3 Å². The van der Waals surface area contributed by atoms with Crippen LogP contribution in [0.25, 0.3) is 0 Å². The van der Waals surface area contributed by atoms with E-state index < -0.39 is 10.0 Å². The van der Waals surface area contributed by atoms with Crippen LogP contribution in [0.1, 0.15) is 6.42 Å². The molecule has 0 aromatic carbocycles. The quantitative estimate of drug-likeness (QED) is 0.756. The van der Waals surface area contributed by atoms with Crippen LogP contribution >= 0.6 is 11.6 Å². The molecule has 0 aliphatic rings. The molecule has 0 atom stereocenters. The van der Waals surface area contributed by atoms with Crippen LogP contribution < -0.4 is 4.83 Å². The lowest BCUT2D eigenvalue weighted by atomic mass is 10.6. The molecule has 13 heavy (non-hydrogen) atoms. The monoisotopic (exact) mass is 222 g/mol. The van der Waals surface area contributed by atoms with Crippen LogP contribution in [0.2, 0.25) is 0 Å². The lowest BCUT2D eigenvalue weighted by Gasteiger charge is -2.07. The average Bonchev–Trinajstić information content (AvgIpc) is 2.52. The van der Waals surface area contributed by atoms with Crippen molar-refractivity contribution < 1.29 is 8.42 Å². The molecule has 0 amide bonds. The van der Waals surface area contributed by atoms with Crippen molar-refractivity contribution in [2.24, 2.45) is 0 Å². The summed E-state index contributed by atoms with van der Waals surface area (Å²) < 4.78 is 23.9. The van der Waals surface area contributed by atoms with Gasteiger partial charge >= 0.3 is 0 Å². The van der Waals surface area contributed by atoms with Crippen molar-refractivity contribution in [3.05, 3.63) is 24.5 Å². The highest BCUT2D eigenvalue weighted by molar-refractivity contribution is 7.92. The van der Waals surface area contributed by atoms with Crippen LogP contribution in [-0.2, 0) is 10.0 Å². The molecule has 0 saturated carbocycles. The second kappa shape index (κ2) is 4.53. The van der Waals surface area contributed by atoms with E-state index in [4.69, 9.17) is 11.6 Å². The predicted molar refractivity (Wildman–Crippen MR) is 52.9 cm³/mol. The van der Waals surface area contributed by atoms with Gasteiger partial charge in [0.1, 0.15) is 0 Å². The van der Waals surface area contributed by atoms with Gasteiger partial charge in [0.2, 0.25) is 10.0 Å². The van der Waals surface area contributed by atoms with Gasteiger partial charge in [-0.05, 0) is 18.6 Å². The molecule has 1 aromatic heterocycles. The third-order valence-electron chi connectivity index (χ3n) is 1.40. The Morgan fingerprint density at radius 1 is 1.31 bits per heavy atom. The molecule has 0 aliphatic heterocycles. The summed E-state index contributed by atoms with van der Waals surface area (Å²) in [5.41, 5.74) is 0. The summed E-state index contributed by atoms with van der Waals surface area (Å²) in [4.78, 5) is 2.36. The Labute approximate surface area is 82.5 Å². The van der Waals surface area contributed by atoms with Gasteiger partial charge in [-0.3, -0.25) is 4.68 Å². The lowest BCUT2D eigenvalue weighted by molar-refractivity contribution is 0.594. The highest BCUT2D eigenvalue weighted by Crippen LogP contribution is 1.95. The Kier molecular flexibility index (Phi) is 3.62. The number of aromatic nitrogens is 1. The maximum atomic E-state index is 11.3. The molecule has 0 fully saturated rings. The smallest absolute Gasteiger partial charge is 0.246 e. The number of alkyl halides is 1. The summed E-state index contributed by atoms with van der Waals surface area (Å²) in [6.07, 6.45) is 3.70. The Bertz CT molecular complexity index is 333. The van der Waals surface area contributed by atoms with E-state index in [2.05, 4.69) is 4.83 Å². The van der Waals surface area contributed by atoms with Crippen molar-refractivity contribution in [1.29, 1.82) is 0 Å². The number of rotatable bonds is 5. The molecule has 0 aliphatic carbocycles. The zero-order valence-electron chi connectivity index (χ0n) is 6.98. The Morgan fingerprint density at radius 2 is 1.92 bits per heavy atom. The Hall–Kier alpha value is -0.680. The zero-order valence-corrected chi connectivity index (χ0v) is 8.55. The van der Waals surface area contributed by atoms with Crippen molar-refractivity contribution in [2.45, 2.75) is 6.42 Å². The van der Waals surface area contributed by atoms with Gasteiger partial charge < -0.3 is 0 Å². The molecule has 1 N–H and O–H groups in total. The fourth-order valence-corrected chi connectivity index (χ4v) is 2.20. The second-order valence-electron chi connectivity index (χ2n) is 2.54. The topological polar surface area (TPSA) is 51.1 Å². The van der Waals surface area contributed by atoms with Crippen LogP contribution in [0.15, 0.2) is 24.5 Å². The summed E-state index contributed by atoms with van der Waals surface area (Å²) in [6.45, 7) is 0. The first-order chi connectivity index (χ1) is 6.14. The number of hydrogen-bond acceptors (Lipinski definition) is 2. The summed E-state index contributed by atoms with van der Waals surface area (Å²) in [6, 6.07) is 3.48. The second-order valence-corrected chi connectivity index (χ2v) is 4.74. The number of sulfonamides is 1. The van der Waals surface area contributed by atoms with E-state index in [-0.39, 0.29) is 5.75 Å². The molecule has 0 unspecified atom stereocenters. The van der Waals surface area contributed by atoms with Gasteiger partial charge in [-0.1, -0.05) is 0 Å². The third-order valence-corrected chi connectivity index (χ3v) is 2.98. The first-order valence-corrected chi connectivity index (χ1v) is 6.02. The van der Waals surface area contributed by atoms with Gasteiger partial charge in [-0.2, -0.15) is 0 Å². The van der Waals surface area contributed by atoms with E-state index in [0.717, 1.165) is 0 Å². The number of nitrogens with one attached hydrogen (secondary N) is 1. The maximum Gasteiger partial charge on any atom is 0.246 e. The molecule has 1 rings (SSSR count). The molecular weight excluding hydrogens is 212 g/mol. The SMILES string of the molecule is O=S(=O)(CCCCl)Nn1cccc1. The molecule has 1 heterocycles. The van der Waals surface area contributed by atoms with Crippen LogP contribution in [0.5, 0.6) is 0 Å². The summed E-state index contributed by atoms with van der Waals surface area (Å²) >= 11 is 5.39. The molecule has 0 saturated heterocycles. The standard InChI is InChI=1S/C7H11ClN2O2S/c8-4-3-7-13(11,12)9-10-5-1-2-6-10/h1-2,5-6,9H,3-4,7H2. The fraction of sp³-hybridized carbons (Fsp3) is 0.429. The normalized spacial score (nSPS) is 11.5. The average molecular weight is 223 g/mol. The van der Waals surface area contributed by atoms with Crippen molar-refractivity contribution in [2.75, 3.05) is 16.5 Å². The minimum absolute atomic E-state index is 0.0503. The third kappa shape index (κ3) is 3.69. The number of hydrogen-bond donors (Lipinski definition) is 1. The summed E-state index contributed by atoms with van der Waals surface area (Å²) in [7, 11) is -3.24. The van der Waals surface area contributed by atoms with Crippen LogP contribution in [0, 0.1) is 0 Å². The zero-order chi connectivity index (χ0) is 9.73. The first kappa shape index (κ1) is 10.4.